The predicted molar refractivity (Wildman–Crippen MR) is 115 cm³/mol. The maximum Gasteiger partial charge on any atom is 0.245 e. The number of aromatic nitrogens is 5. The summed E-state index contributed by atoms with van der Waals surface area (Å²) in [6.45, 7) is 2.03. The third-order valence-electron chi connectivity index (χ3n) is 4.49. The molecule has 0 fully saturated rings. The number of benzene rings is 2. The molecule has 0 saturated heterocycles. The zero-order valence-electron chi connectivity index (χ0n) is 15.9. The molecule has 0 radical (unpaired) electrons. The second-order valence-corrected chi connectivity index (χ2v) is 6.61. The summed E-state index contributed by atoms with van der Waals surface area (Å²) >= 11 is 0. The maximum atomic E-state index is 4.72. The lowest BCUT2D eigenvalue weighted by Crippen LogP contribution is -2.13. The Kier molecular flexibility index (Phi) is 4.41. The first kappa shape index (κ1) is 17.6. The molecule has 3 aromatic heterocycles. The van der Waals surface area contributed by atoms with E-state index >= 15 is 0 Å². The molecule has 10 nitrogen and oxygen atoms in total. The lowest BCUT2D eigenvalue weighted by atomic mass is 10.2. The van der Waals surface area contributed by atoms with Crippen LogP contribution in [-0.4, -0.2) is 31.5 Å². The highest BCUT2D eigenvalue weighted by atomic mass is 16.6. The lowest BCUT2D eigenvalue weighted by molar-refractivity contribution is 0.314. The zero-order chi connectivity index (χ0) is 20.3. The monoisotopic (exact) mass is 399 g/mol. The Balaban J connectivity index is 1.39. The zero-order valence-corrected chi connectivity index (χ0v) is 15.9. The van der Waals surface area contributed by atoms with Gasteiger partial charge in [-0.25, -0.2) is 4.63 Å². The number of hydrazine groups is 1. The summed E-state index contributed by atoms with van der Waals surface area (Å²) in [7, 11) is 0. The van der Waals surface area contributed by atoms with Crippen LogP contribution in [0.4, 0.5) is 17.3 Å². The number of rotatable bonds is 6. The summed E-state index contributed by atoms with van der Waals surface area (Å²) in [4.78, 5) is 12.0. The third-order valence-corrected chi connectivity index (χ3v) is 4.49. The fourth-order valence-corrected chi connectivity index (χ4v) is 2.94. The number of hydrazone groups is 1. The third kappa shape index (κ3) is 3.49. The van der Waals surface area contributed by atoms with E-state index in [1.807, 2.05) is 61.7 Å². The number of nitrogens with one attached hydrogen (secondary N) is 4. The van der Waals surface area contributed by atoms with Gasteiger partial charge in [-0.3, -0.25) is 16.3 Å². The molecule has 0 amide bonds. The van der Waals surface area contributed by atoms with Gasteiger partial charge >= 0.3 is 0 Å². The summed E-state index contributed by atoms with van der Waals surface area (Å²) in [6.07, 6.45) is 3.60. The molecule has 0 unspecified atom stereocenters. The van der Waals surface area contributed by atoms with Gasteiger partial charge in [-0.05, 0) is 35.4 Å². The molecule has 0 aliphatic rings. The second kappa shape index (κ2) is 7.51. The van der Waals surface area contributed by atoms with E-state index in [4.69, 9.17) is 4.63 Å². The normalized spacial score (nSPS) is 11.4. The van der Waals surface area contributed by atoms with Crippen LogP contribution < -0.4 is 16.3 Å². The molecule has 0 bridgehead atoms. The molecule has 5 aromatic rings. The molecule has 30 heavy (non-hydrogen) atoms. The van der Waals surface area contributed by atoms with Crippen LogP contribution in [0, 0.1) is 6.92 Å². The van der Waals surface area contributed by atoms with Gasteiger partial charge in [-0.1, -0.05) is 35.9 Å². The Labute approximate surface area is 170 Å². The van der Waals surface area contributed by atoms with E-state index in [0.29, 0.717) is 11.6 Å². The van der Waals surface area contributed by atoms with Crippen molar-refractivity contribution in [3.05, 3.63) is 65.9 Å². The lowest BCUT2D eigenvalue weighted by Gasteiger charge is -2.11. The summed E-state index contributed by atoms with van der Waals surface area (Å²) in [6, 6.07) is 15.9. The number of aryl methyl sites for hydroxylation is 1. The van der Waals surface area contributed by atoms with Crippen molar-refractivity contribution in [2.24, 2.45) is 5.10 Å². The molecule has 3 heterocycles. The minimum absolute atomic E-state index is 0.278. The van der Waals surface area contributed by atoms with E-state index < -0.39 is 0 Å². The Hall–Kier alpha value is -4.47. The van der Waals surface area contributed by atoms with Gasteiger partial charge in [0.15, 0.2) is 11.6 Å². The van der Waals surface area contributed by atoms with Crippen LogP contribution in [0.1, 0.15) is 11.1 Å². The maximum absolute atomic E-state index is 4.72. The number of hydrogen-bond acceptors (Lipinski definition) is 9. The van der Waals surface area contributed by atoms with Crippen molar-refractivity contribution in [2.45, 2.75) is 6.92 Å². The van der Waals surface area contributed by atoms with Crippen molar-refractivity contribution < 1.29 is 4.63 Å². The summed E-state index contributed by atoms with van der Waals surface area (Å²) in [5, 5.41) is 12.9. The number of para-hydroxylation sites is 1. The highest BCUT2D eigenvalue weighted by molar-refractivity contribution is 5.99. The van der Waals surface area contributed by atoms with Crippen molar-refractivity contribution in [1.29, 1.82) is 0 Å². The average Bonchev–Trinajstić information content (AvgIpc) is 3.40. The van der Waals surface area contributed by atoms with Crippen LogP contribution in [0.2, 0.25) is 0 Å². The first-order chi connectivity index (χ1) is 14.8. The minimum Gasteiger partial charge on any atom is -0.361 e. The molecule has 2 aromatic carbocycles. The number of aromatic amines is 1. The first-order valence-corrected chi connectivity index (χ1v) is 9.20. The highest BCUT2D eigenvalue weighted by Gasteiger charge is 2.12. The van der Waals surface area contributed by atoms with Gasteiger partial charge in [0.1, 0.15) is 0 Å². The fourth-order valence-electron chi connectivity index (χ4n) is 2.94. The molecular weight excluding hydrogens is 382 g/mol. The second-order valence-electron chi connectivity index (χ2n) is 6.61. The van der Waals surface area contributed by atoms with Crippen LogP contribution >= 0.6 is 0 Å². The van der Waals surface area contributed by atoms with Gasteiger partial charge in [0, 0.05) is 22.7 Å². The number of hydrogen-bond donors (Lipinski definition) is 4. The Morgan fingerprint density at radius 3 is 2.53 bits per heavy atom. The fraction of sp³-hybridized carbons (Fsp3) is 0.0500. The van der Waals surface area contributed by atoms with Crippen LogP contribution in [0.3, 0.4) is 0 Å². The number of anilines is 3. The van der Waals surface area contributed by atoms with Crippen LogP contribution in [-0.2, 0) is 0 Å². The quantitative estimate of drug-likeness (QED) is 0.251. The average molecular weight is 399 g/mol. The van der Waals surface area contributed by atoms with Gasteiger partial charge in [-0.2, -0.15) is 15.1 Å². The minimum atomic E-state index is 0.278. The molecule has 5 rings (SSSR count). The SMILES string of the molecule is Cc1ccc(NNc2nc3nonc3nc2N/N=C/c2c[nH]c3ccccc23)cc1. The van der Waals surface area contributed by atoms with E-state index in [1.165, 1.54) is 5.56 Å². The Bertz CT molecular complexity index is 1340. The molecule has 0 saturated carbocycles. The van der Waals surface area contributed by atoms with Gasteiger partial charge in [0.25, 0.3) is 0 Å². The summed E-state index contributed by atoms with van der Waals surface area (Å²) in [5.41, 5.74) is 13.6. The van der Waals surface area contributed by atoms with E-state index in [0.717, 1.165) is 22.2 Å². The van der Waals surface area contributed by atoms with E-state index in [1.54, 1.807) is 6.21 Å². The van der Waals surface area contributed by atoms with E-state index in [2.05, 4.69) is 46.6 Å². The summed E-state index contributed by atoms with van der Waals surface area (Å²) in [5.74, 6) is 0.767. The van der Waals surface area contributed by atoms with Crippen molar-refractivity contribution >= 4 is 45.7 Å². The van der Waals surface area contributed by atoms with Gasteiger partial charge in [0.05, 0.1) is 11.9 Å². The van der Waals surface area contributed by atoms with Crippen molar-refractivity contribution in [3.63, 3.8) is 0 Å². The Morgan fingerprint density at radius 2 is 1.70 bits per heavy atom. The van der Waals surface area contributed by atoms with Crippen LogP contribution in [0.5, 0.6) is 0 Å². The molecular formula is C20H17N9O. The van der Waals surface area contributed by atoms with E-state index in [9.17, 15) is 0 Å². The van der Waals surface area contributed by atoms with Gasteiger partial charge < -0.3 is 4.98 Å². The molecule has 0 aliphatic carbocycles. The number of nitrogens with zero attached hydrogens (tertiary/aromatic N) is 5. The molecule has 0 spiro atoms. The highest BCUT2D eigenvalue weighted by Crippen LogP contribution is 2.21. The number of H-pyrrole nitrogens is 1. The smallest absolute Gasteiger partial charge is 0.245 e. The Morgan fingerprint density at radius 1 is 0.933 bits per heavy atom. The van der Waals surface area contributed by atoms with Gasteiger partial charge in [0.2, 0.25) is 11.3 Å². The molecule has 0 atom stereocenters. The topological polar surface area (TPSA) is 129 Å². The van der Waals surface area contributed by atoms with Crippen LogP contribution in [0.25, 0.3) is 22.2 Å². The predicted octanol–water partition coefficient (Wildman–Crippen LogP) is 3.69. The van der Waals surface area contributed by atoms with Crippen molar-refractivity contribution in [2.75, 3.05) is 16.3 Å². The molecule has 148 valence electrons. The van der Waals surface area contributed by atoms with Crippen molar-refractivity contribution in [1.82, 2.24) is 25.3 Å². The van der Waals surface area contributed by atoms with Crippen molar-refractivity contribution in [3.8, 4) is 0 Å². The molecule has 10 heteroatoms. The molecule has 0 aliphatic heterocycles. The number of fused-ring (bicyclic) bond motifs is 2. The largest absolute Gasteiger partial charge is 0.361 e. The van der Waals surface area contributed by atoms with E-state index in [-0.39, 0.29) is 11.3 Å². The van der Waals surface area contributed by atoms with Gasteiger partial charge in [-0.15, -0.1) is 0 Å². The summed E-state index contributed by atoms with van der Waals surface area (Å²) < 4.78 is 4.72. The first-order valence-electron chi connectivity index (χ1n) is 9.20. The standard InChI is InChI=1S/C20H17N9O/c1-12-6-8-14(9-7-12)25-27-18-17(23-19-20(24-18)29-30-28-19)26-22-11-13-10-21-16-5-3-2-4-15(13)16/h2-11,21,25H,1H3,(H,23,26,28)(H,24,27,29)/b22-11+. The van der Waals surface area contributed by atoms with Crippen LogP contribution in [0.15, 0.2) is 64.5 Å². The molecule has 4 N–H and O–H groups in total.